The summed E-state index contributed by atoms with van der Waals surface area (Å²) >= 11 is 0. The topological polar surface area (TPSA) is 75.8 Å². The Hall–Kier alpha value is -3.38. The fourth-order valence-electron chi connectivity index (χ4n) is 4.36. The molecule has 5 nitrogen and oxygen atoms in total. The highest BCUT2D eigenvalue weighted by Gasteiger charge is 2.24. The Labute approximate surface area is 206 Å². The summed E-state index contributed by atoms with van der Waals surface area (Å²) in [5, 5.41) is 9.22. The second kappa shape index (κ2) is 10.9. The largest absolute Gasteiger partial charge is 0.489 e. The van der Waals surface area contributed by atoms with Crippen LogP contribution in [0.4, 0.5) is 10.1 Å². The third-order valence-electron chi connectivity index (χ3n) is 6.44. The van der Waals surface area contributed by atoms with Gasteiger partial charge in [-0.25, -0.2) is 4.39 Å². The standard InChI is InChI=1S/C29H33FN2O3/c1-3-32(17-20-11-12-20)24-14-21(18-35-27-10-5-4-7-22(27)16-28(33)34)13-23(15-24)26-9-6-8-25(19(2)31)29(26)30/h4-10,13-15,19-20H,3,11-12,16-18,31H2,1-2H3,(H,33,34). The summed E-state index contributed by atoms with van der Waals surface area (Å²) in [4.78, 5) is 13.6. The third-order valence-corrected chi connectivity index (χ3v) is 6.44. The summed E-state index contributed by atoms with van der Waals surface area (Å²) in [6, 6.07) is 18.2. The minimum Gasteiger partial charge on any atom is -0.489 e. The Balaban J connectivity index is 1.70. The minimum atomic E-state index is -0.909. The Morgan fingerprint density at radius 1 is 1.17 bits per heavy atom. The van der Waals surface area contributed by atoms with Crippen LogP contribution in [0.2, 0.25) is 0 Å². The second-order valence-corrected chi connectivity index (χ2v) is 9.33. The van der Waals surface area contributed by atoms with Gasteiger partial charge in [0, 0.05) is 41.5 Å². The van der Waals surface area contributed by atoms with E-state index in [9.17, 15) is 9.90 Å². The maximum Gasteiger partial charge on any atom is 0.307 e. The zero-order chi connectivity index (χ0) is 24.9. The van der Waals surface area contributed by atoms with E-state index in [-0.39, 0.29) is 18.8 Å². The Morgan fingerprint density at radius 3 is 2.63 bits per heavy atom. The molecule has 0 aliphatic heterocycles. The lowest BCUT2D eigenvalue weighted by Gasteiger charge is -2.25. The van der Waals surface area contributed by atoms with E-state index in [1.165, 1.54) is 12.8 Å². The number of rotatable bonds is 11. The van der Waals surface area contributed by atoms with Gasteiger partial charge in [0.2, 0.25) is 0 Å². The molecule has 0 spiro atoms. The van der Waals surface area contributed by atoms with Crippen molar-refractivity contribution in [1.82, 2.24) is 0 Å². The van der Waals surface area contributed by atoms with Crippen LogP contribution in [0, 0.1) is 11.7 Å². The number of ether oxygens (including phenoxy) is 1. The van der Waals surface area contributed by atoms with Crippen molar-refractivity contribution in [3.05, 3.63) is 83.2 Å². The average Bonchev–Trinajstić information content (AvgIpc) is 3.65. The number of carboxylic acids is 1. The number of halogens is 1. The molecular formula is C29H33FN2O3. The number of hydrogen-bond donors (Lipinski definition) is 2. The van der Waals surface area contributed by atoms with Crippen molar-refractivity contribution < 1.29 is 19.0 Å². The van der Waals surface area contributed by atoms with E-state index in [0.717, 1.165) is 29.9 Å². The van der Waals surface area contributed by atoms with E-state index in [2.05, 4.69) is 17.9 Å². The van der Waals surface area contributed by atoms with Crippen molar-refractivity contribution >= 4 is 11.7 Å². The predicted molar refractivity (Wildman–Crippen MR) is 137 cm³/mol. The van der Waals surface area contributed by atoms with Crippen LogP contribution in [0.15, 0.2) is 60.7 Å². The first-order chi connectivity index (χ1) is 16.9. The lowest BCUT2D eigenvalue weighted by molar-refractivity contribution is -0.136. The van der Waals surface area contributed by atoms with Crippen LogP contribution in [0.3, 0.4) is 0 Å². The molecule has 1 unspecified atom stereocenters. The van der Waals surface area contributed by atoms with Crippen molar-refractivity contribution in [3.8, 4) is 16.9 Å². The number of para-hydroxylation sites is 1. The molecule has 1 aliphatic rings. The molecule has 1 aliphatic carbocycles. The summed E-state index contributed by atoms with van der Waals surface area (Å²) in [5.41, 5.74) is 10.3. The summed E-state index contributed by atoms with van der Waals surface area (Å²) in [7, 11) is 0. The molecule has 3 aromatic rings. The van der Waals surface area contributed by atoms with Gasteiger partial charge in [0.1, 0.15) is 18.2 Å². The Bertz CT molecular complexity index is 1190. The van der Waals surface area contributed by atoms with Gasteiger partial charge in [-0.05, 0) is 68.0 Å². The molecule has 35 heavy (non-hydrogen) atoms. The zero-order valence-corrected chi connectivity index (χ0v) is 20.3. The molecule has 0 heterocycles. The number of benzene rings is 3. The number of anilines is 1. The molecule has 0 saturated heterocycles. The molecule has 1 fully saturated rings. The number of carbonyl (C=O) groups is 1. The van der Waals surface area contributed by atoms with E-state index in [1.54, 1.807) is 37.3 Å². The van der Waals surface area contributed by atoms with Crippen LogP contribution in [-0.2, 0) is 17.8 Å². The minimum absolute atomic E-state index is 0.109. The summed E-state index contributed by atoms with van der Waals surface area (Å²) in [6.07, 6.45) is 2.39. The number of hydrogen-bond acceptors (Lipinski definition) is 4. The number of nitrogens with two attached hydrogens (primary N) is 1. The van der Waals surface area contributed by atoms with Crippen LogP contribution in [0.1, 0.15) is 49.4 Å². The van der Waals surface area contributed by atoms with Gasteiger partial charge in [0.25, 0.3) is 0 Å². The van der Waals surface area contributed by atoms with Gasteiger partial charge in [-0.2, -0.15) is 0 Å². The molecule has 4 rings (SSSR count). The van der Waals surface area contributed by atoms with Gasteiger partial charge in [-0.1, -0.05) is 36.4 Å². The van der Waals surface area contributed by atoms with Crippen molar-refractivity contribution in [2.75, 3.05) is 18.0 Å². The number of nitrogens with zero attached hydrogens (tertiary/aromatic N) is 1. The molecule has 0 amide bonds. The van der Waals surface area contributed by atoms with Gasteiger partial charge >= 0.3 is 5.97 Å². The molecule has 1 saturated carbocycles. The molecule has 1 atom stereocenters. The van der Waals surface area contributed by atoms with E-state index < -0.39 is 12.0 Å². The van der Waals surface area contributed by atoms with Gasteiger partial charge in [-0.3, -0.25) is 4.79 Å². The maximum absolute atomic E-state index is 15.4. The molecule has 0 aromatic heterocycles. The molecular weight excluding hydrogens is 443 g/mol. The number of aliphatic carboxylic acids is 1. The molecule has 184 valence electrons. The molecule has 3 N–H and O–H groups in total. The van der Waals surface area contributed by atoms with Gasteiger partial charge in [0.05, 0.1) is 6.42 Å². The smallest absolute Gasteiger partial charge is 0.307 e. The van der Waals surface area contributed by atoms with Crippen molar-refractivity contribution in [1.29, 1.82) is 0 Å². The van der Waals surface area contributed by atoms with Crippen LogP contribution < -0.4 is 15.4 Å². The monoisotopic (exact) mass is 476 g/mol. The summed E-state index contributed by atoms with van der Waals surface area (Å²) < 4.78 is 21.5. The first kappa shape index (κ1) is 24.7. The van der Waals surface area contributed by atoms with E-state index in [0.29, 0.717) is 28.4 Å². The first-order valence-corrected chi connectivity index (χ1v) is 12.2. The normalized spacial score (nSPS) is 13.9. The highest BCUT2D eigenvalue weighted by Crippen LogP contribution is 2.35. The molecule has 3 aromatic carbocycles. The second-order valence-electron chi connectivity index (χ2n) is 9.33. The van der Waals surface area contributed by atoms with Gasteiger partial charge in [-0.15, -0.1) is 0 Å². The Kier molecular flexibility index (Phi) is 7.71. The highest BCUT2D eigenvalue weighted by atomic mass is 19.1. The van der Waals surface area contributed by atoms with Crippen LogP contribution in [0.25, 0.3) is 11.1 Å². The lowest BCUT2D eigenvalue weighted by atomic mass is 9.97. The van der Waals surface area contributed by atoms with Crippen molar-refractivity contribution in [3.63, 3.8) is 0 Å². The predicted octanol–water partition coefficient (Wildman–Crippen LogP) is 5.95. The van der Waals surface area contributed by atoms with Gasteiger partial charge in [0.15, 0.2) is 0 Å². The van der Waals surface area contributed by atoms with E-state index in [1.807, 2.05) is 24.3 Å². The van der Waals surface area contributed by atoms with Crippen LogP contribution in [-0.4, -0.2) is 24.2 Å². The summed E-state index contributed by atoms with van der Waals surface area (Å²) in [6.45, 7) is 5.98. The fourth-order valence-corrected chi connectivity index (χ4v) is 4.36. The van der Waals surface area contributed by atoms with Crippen LogP contribution in [0.5, 0.6) is 5.75 Å². The fraction of sp³-hybridized carbons (Fsp3) is 0.345. The molecule has 0 radical (unpaired) electrons. The molecule has 0 bridgehead atoms. The first-order valence-electron chi connectivity index (χ1n) is 12.2. The highest BCUT2D eigenvalue weighted by molar-refractivity contribution is 5.72. The van der Waals surface area contributed by atoms with Gasteiger partial charge < -0.3 is 20.5 Å². The zero-order valence-electron chi connectivity index (χ0n) is 20.3. The van der Waals surface area contributed by atoms with E-state index in [4.69, 9.17) is 10.5 Å². The maximum atomic E-state index is 15.4. The SMILES string of the molecule is CCN(CC1CC1)c1cc(COc2ccccc2CC(=O)O)cc(-c2cccc(C(C)N)c2F)c1. The third kappa shape index (κ3) is 6.20. The summed E-state index contributed by atoms with van der Waals surface area (Å²) in [5.74, 6) is 0.0359. The lowest BCUT2D eigenvalue weighted by Crippen LogP contribution is -2.25. The van der Waals surface area contributed by atoms with Crippen molar-refractivity contribution in [2.45, 2.75) is 45.8 Å². The average molecular weight is 477 g/mol. The molecule has 6 heteroatoms. The number of carboxylic acid groups (broad SMARTS) is 1. The van der Waals surface area contributed by atoms with E-state index >= 15 is 4.39 Å². The van der Waals surface area contributed by atoms with Crippen LogP contribution >= 0.6 is 0 Å². The quantitative estimate of drug-likeness (QED) is 0.357. The van der Waals surface area contributed by atoms with Crippen molar-refractivity contribution in [2.24, 2.45) is 11.7 Å². The Morgan fingerprint density at radius 2 is 1.94 bits per heavy atom.